The molecule has 0 spiro atoms. The lowest BCUT2D eigenvalue weighted by Gasteiger charge is -2.05. The van der Waals surface area contributed by atoms with Crippen LogP contribution in [0.4, 0.5) is 0 Å². The van der Waals surface area contributed by atoms with Crippen molar-refractivity contribution in [1.82, 2.24) is 14.9 Å². The van der Waals surface area contributed by atoms with Crippen molar-refractivity contribution in [2.75, 3.05) is 12.4 Å². The second kappa shape index (κ2) is 5.50. The Hall–Kier alpha value is -1.36. The minimum atomic E-state index is -0.246. The molecule has 1 amide bonds. The molecule has 0 aliphatic rings. The SMILES string of the molecule is Cc1cc(=O)n(CCNC(=O)CCl)cn1. The van der Waals surface area contributed by atoms with E-state index in [4.69, 9.17) is 11.6 Å². The quantitative estimate of drug-likeness (QED) is 0.734. The third kappa shape index (κ3) is 3.71. The predicted octanol–water partition coefficient (Wildman–Crippen LogP) is -0.0933. The van der Waals surface area contributed by atoms with Crippen LogP contribution in [0.3, 0.4) is 0 Å². The number of carbonyl (C=O) groups is 1. The Balaban J connectivity index is 2.51. The average molecular weight is 230 g/mol. The summed E-state index contributed by atoms with van der Waals surface area (Å²) >= 11 is 5.29. The number of rotatable bonds is 4. The minimum Gasteiger partial charge on any atom is -0.353 e. The third-order valence-corrected chi connectivity index (χ3v) is 2.06. The summed E-state index contributed by atoms with van der Waals surface area (Å²) in [6, 6.07) is 1.45. The van der Waals surface area contributed by atoms with Crippen molar-refractivity contribution in [2.45, 2.75) is 13.5 Å². The van der Waals surface area contributed by atoms with E-state index in [1.807, 2.05) is 0 Å². The fraction of sp³-hybridized carbons (Fsp3) is 0.444. The summed E-state index contributed by atoms with van der Waals surface area (Å²) in [7, 11) is 0. The predicted molar refractivity (Wildman–Crippen MR) is 57.0 cm³/mol. The molecule has 82 valence electrons. The van der Waals surface area contributed by atoms with E-state index in [9.17, 15) is 9.59 Å². The Bertz CT molecular complexity index is 403. The molecule has 0 radical (unpaired) electrons. The second-order valence-corrected chi connectivity index (χ2v) is 3.31. The number of nitrogens with one attached hydrogen (secondary N) is 1. The van der Waals surface area contributed by atoms with E-state index in [0.29, 0.717) is 18.8 Å². The molecule has 0 aliphatic carbocycles. The number of nitrogens with zero attached hydrogens (tertiary/aromatic N) is 2. The molecule has 0 saturated carbocycles. The zero-order chi connectivity index (χ0) is 11.3. The monoisotopic (exact) mass is 229 g/mol. The number of aryl methyl sites for hydroxylation is 1. The molecule has 1 aromatic heterocycles. The molecule has 0 fully saturated rings. The number of alkyl halides is 1. The van der Waals surface area contributed by atoms with E-state index >= 15 is 0 Å². The normalized spacial score (nSPS) is 10.0. The van der Waals surface area contributed by atoms with Crippen LogP contribution < -0.4 is 10.9 Å². The van der Waals surface area contributed by atoms with Crippen molar-refractivity contribution >= 4 is 17.5 Å². The van der Waals surface area contributed by atoms with Crippen LogP contribution in [0.15, 0.2) is 17.2 Å². The van der Waals surface area contributed by atoms with E-state index in [1.54, 1.807) is 6.92 Å². The number of halogens is 1. The van der Waals surface area contributed by atoms with Gasteiger partial charge >= 0.3 is 0 Å². The summed E-state index contributed by atoms with van der Waals surface area (Å²) in [5, 5.41) is 2.56. The van der Waals surface area contributed by atoms with Gasteiger partial charge in [-0.15, -0.1) is 11.6 Å². The molecule has 0 aromatic carbocycles. The Labute approximate surface area is 92.1 Å². The van der Waals surface area contributed by atoms with Crippen molar-refractivity contribution in [3.63, 3.8) is 0 Å². The fourth-order valence-corrected chi connectivity index (χ4v) is 1.14. The Kier molecular flexibility index (Phi) is 4.30. The topological polar surface area (TPSA) is 64.0 Å². The largest absolute Gasteiger partial charge is 0.353 e. The van der Waals surface area contributed by atoms with E-state index in [1.165, 1.54) is 17.0 Å². The zero-order valence-electron chi connectivity index (χ0n) is 8.36. The van der Waals surface area contributed by atoms with E-state index in [-0.39, 0.29) is 17.3 Å². The van der Waals surface area contributed by atoms with Crippen LogP contribution in [0.1, 0.15) is 5.69 Å². The van der Waals surface area contributed by atoms with Crippen molar-refractivity contribution in [3.05, 3.63) is 28.4 Å². The standard InChI is InChI=1S/C9H12ClN3O2/c1-7-4-9(15)13(6-12-7)3-2-11-8(14)5-10/h4,6H,2-3,5H2,1H3,(H,11,14). The third-order valence-electron chi connectivity index (χ3n) is 1.81. The first-order chi connectivity index (χ1) is 7.13. The molecule has 5 nitrogen and oxygen atoms in total. The summed E-state index contributed by atoms with van der Waals surface area (Å²) < 4.78 is 1.43. The average Bonchev–Trinajstić information content (AvgIpc) is 2.21. The van der Waals surface area contributed by atoms with E-state index in [0.717, 1.165) is 0 Å². The van der Waals surface area contributed by atoms with Gasteiger partial charge in [-0.3, -0.25) is 14.2 Å². The molecule has 0 unspecified atom stereocenters. The van der Waals surface area contributed by atoms with Gasteiger partial charge < -0.3 is 5.32 Å². The van der Waals surface area contributed by atoms with Gasteiger partial charge in [0.2, 0.25) is 5.91 Å². The summed E-state index contributed by atoms with van der Waals surface area (Å²) in [5.41, 5.74) is 0.559. The van der Waals surface area contributed by atoms with Gasteiger partial charge in [0.15, 0.2) is 0 Å². The summed E-state index contributed by atoms with van der Waals surface area (Å²) in [4.78, 5) is 26.1. The molecule has 0 aliphatic heterocycles. The van der Waals surface area contributed by atoms with Crippen molar-refractivity contribution in [3.8, 4) is 0 Å². The van der Waals surface area contributed by atoms with Crippen LogP contribution in [0.2, 0.25) is 0 Å². The number of amides is 1. The highest BCUT2D eigenvalue weighted by atomic mass is 35.5. The molecular weight excluding hydrogens is 218 g/mol. The first kappa shape index (κ1) is 11.7. The maximum absolute atomic E-state index is 11.4. The summed E-state index contributed by atoms with van der Waals surface area (Å²) in [6.45, 7) is 2.52. The molecule has 1 N–H and O–H groups in total. The fourth-order valence-electron chi connectivity index (χ4n) is 1.05. The smallest absolute Gasteiger partial charge is 0.253 e. The molecule has 0 atom stereocenters. The first-order valence-electron chi connectivity index (χ1n) is 4.49. The Morgan fingerprint density at radius 1 is 1.67 bits per heavy atom. The molecule has 15 heavy (non-hydrogen) atoms. The number of aromatic nitrogens is 2. The van der Waals surface area contributed by atoms with Gasteiger partial charge in [-0.05, 0) is 6.92 Å². The van der Waals surface area contributed by atoms with Crippen LogP contribution in [0, 0.1) is 6.92 Å². The minimum absolute atomic E-state index is 0.0684. The van der Waals surface area contributed by atoms with Gasteiger partial charge in [0, 0.05) is 24.8 Å². The molecule has 1 aromatic rings. The number of hydrogen-bond acceptors (Lipinski definition) is 3. The molecule has 1 heterocycles. The van der Waals surface area contributed by atoms with E-state index in [2.05, 4.69) is 10.3 Å². The highest BCUT2D eigenvalue weighted by Gasteiger charge is 1.99. The van der Waals surface area contributed by atoms with Crippen LogP contribution in [0.25, 0.3) is 0 Å². The van der Waals surface area contributed by atoms with Crippen LogP contribution >= 0.6 is 11.6 Å². The van der Waals surface area contributed by atoms with Crippen LogP contribution in [-0.4, -0.2) is 27.9 Å². The van der Waals surface area contributed by atoms with Crippen LogP contribution in [-0.2, 0) is 11.3 Å². The molecule has 0 saturated heterocycles. The molecule has 1 rings (SSSR count). The van der Waals surface area contributed by atoms with Gasteiger partial charge in [-0.2, -0.15) is 0 Å². The maximum Gasteiger partial charge on any atom is 0.253 e. The lowest BCUT2D eigenvalue weighted by atomic mass is 10.4. The van der Waals surface area contributed by atoms with Crippen molar-refractivity contribution in [2.24, 2.45) is 0 Å². The van der Waals surface area contributed by atoms with E-state index < -0.39 is 0 Å². The number of hydrogen-bond donors (Lipinski definition) is 1. The lowest BCUT2D eigenvalue weighted by Crippen LogP contribution is -2.31. The molecule has 6 heteroatoms. The second-order valence-electron chi connectivity index (χ2n) is 3.05. The number of carbonyl (C=O) groups excluding carboxylic acids is 1. The first-order valence-corrected chi connectivity index (χ1v) is 5.02. The molecule has 0 bridgehead atoms. The Morgan fingerprint density at radius 2 is 2.40 bits per heavy atom. The van der Waals surface area contributed by atoms with Gasteiger partial charge in [-0.1, -0.05) is 0 Å². The van der Waals surface area contributed by atoms with Gasteiger partial charge in [0.25, 0.3) is 5.56 Å². The van der Waals surface area contributed by atoms with Crippen LogP contribution in [0.5, 0.6) is 0 Å². The lowest BCUT2D eigenvalue weighted by molar-refractivity contribution is -0.118. The van der Waals surface area contributed by atoms with Gasteiger partial charge in [-0.25, -0.2) is 4.98 Å². The summed E-state index contributed by atoms with van der Waals surface area (Å²) in [6.07, 6.45) is 1.46. The highest BCUT2D eigenvalue weighted by Crippen LogP contribution is 1.84. The summed E-state index contributed by atoms with van der Waals surface area (Å²) in [5.74, 6) is -0.314. The van der Waals surface area contributed by atoms with Gasteiger partial charge in [0.05, 0.1) is 6.33 Å². The highest BCUT2D eigenvalue weighted by molar-refractivity contribution is 6.27. The maximum atomic E-state index is 11.4. The van der Waals surface area contributed by atoms with Crippen molar-refractivity contribution in [1.29, 1.82) is 0 Å². The zero-order valence-corrected chi connectivity index (χ0v) is 9.12. The Morgan fingerprint density at radius 3 is 3.00 bits per heavy atom. The van der Waals surface area contributed by atoms with Gasteiger partial charge in [0.1, 0.15) is 5.88 Å². The molecular formula is C9H12ClN3O2. The van der Waals surface area contributed by atoms with Crippen molar-refractivity contribution < 1.29 is 4.79 Å².